The van der Waals surface area contributed by atoms with Crippen molar-refractivity contribution < 1.29 is 24.0 Å². The number of aromatic hydroxyl groups is 1. The molecule has 3 N–H and O–H groups in total. The molecule has 9 nitrogen and oxygen atoms in total. The van der Waals surface area contributed by atoms with Gasteiger partial charge in [0.15, 0.2) is 0 Å². The van der Waals surface area contributed by atoms with E-state index < -0.39 is 34.0 Å². The van der Waals surface area contributed by atoms with Crippen LogP contribution in [0, 0.1) is 15.9 Å². The second-order valence-corrected chi connectivity index (χ2v) is 6.79. The van der Waals surface area contributed by atoms with Crippen LogP contribution in [0.1, 0.15) is 26.3 Å². The minimum absolute atomic E-state index is 0.0144. The molecular formula is C21H14ClFN4O5. The van der Waals surface area contributed by atoms with Gasteiger partial charge in [-0.1, -0.05) is 11.6 Å². The van der Waals surface area contributed by atoms with Crippen LogP contribution in [-0.2, 0) is 0 Å². The van der Waals surface area contributed by atoms with Gasteiger partial charge in [0, 0.05) is 33.5 Å². The first-order chi connectivity index (χ1) is 15.2. The summed E-state index contributed by atoms with van der Waals surface area (Å²) in [6.07, 6.45) is 1.02. The summed E-state index contributed by atoms with van der Waals surface area (Å²) >= 11 is 5.79. The number of nitrogens with one attached hydrogen (secondary N) is 2. The van der Waals surface area contributed by atoms with Crippen molar-refractivity contribution in [3.05, 3.63) is 98.3 Å². The number of carbonyl (C=O) groups is 2. The predicted molar refractivity (Wildman–Crippen MR) is 116 cm³/mol. The predicted octanol–water partition coefficient (Wildman–Crippen LogP) is 4.11. The first-order valence-corrected chi connectivity index (χ1v) is 9.29. The van der Waals surface area contributed by atoms with Crippen LogP contribution in [0.2, 0.25) is 5.02 Å². The van der Waals surface area contributed by atoms with Crippen molar-refractivity contribution in [3.8, 4) is 5.75 Å². The molecule has 0 radical (unpaired) electrons. The highest BCUT2D eigenvalue weighted by Gasteiger charge is 2.18. The number of halogens is 2. The number of phenols is 1. The third-order valence-electron chi connectivity index (χ3n) is 4.16. The Bertz CT molecular complexity index is 1210. The van der Waals surface area contributed by atoms with Crippen molar-refractivity contribution in [2.75, 3.05) is 5.32 Å². The number of carbonyl (C=O) groups excluding carboxylic acids is 2. The van der Waals surface area contributed by atoms with Gasteiger partial charge >= 0.3 is 5.69 Å². The lowest BCUT2D eigenvalue weighted by molar-refractivity contribution is -0.385. The van der Waals surface area contributed by atoms with Gasteiger partial charge in [-0.05, 0) is 54.6 Å². The summed E-state index contributed by atoms with van der Waals surface area (Å²) in [4.78, 5) is 34.5. The number of phenolic OH excluding ortho intramolecular Hbond substituents is 1. The van der Waals surface area contributed by atoms with Crippen LogP contribution in [0.4, 0.5) is 15.8 Å². The normalized spacial score (nSPS) is 10.7. The highest BCUT2D eigenvalue weighted by atomic mass is 35.5. The van der Waals surface area contributed by atoms with E-state index in [9.17, 15) is 29.2 Å². The topological polar surface area (TPSA) is 134 Å². The molecule has 0 spiro atoms. The van der Waals surface area contributed by atoms with Crippen LogP contribution in [0.25, 0.3) is 0 Å². The van der Waals surface area contributed by atoms with Crippen LogP contribution in [0.15, 0.2) is 65.8 Å². The quantitative estimate of drug-likeness (QED) is 0.291. The van der Waals surface area contributed by atoms with E-state index in [-0.39, 0.29) is 21.7 Å². The molecule has 0 unspecified atom stereocenters. The molecular weight excluding hydrogens is 443 g/mol. The minimum atomic E-state index is -0.798. The maximum atomic E-state index is 12.9. The van der Waals surface area contributed by atoms with Crippen molar-refractivity contribution in [2.24, 2.45) is 5.10 Å². The zero-order valence-corrected chi connectivity index (χ0v) is 16.8. The van der Waals surface area contributed by atoms with Gasteiger partial charge in [-0.15, -0.1) is 0 Å². The number of rotatable bonds is 6. The van der Waals surface area contributed by atoms with Gasteiger partial charge in [0.25, 0.3) is 11.8 Å². The maximum absolute atomic E-state index is 12.9. The fraction of sp³-hybridized carbons (Fsp3) is 0. The van der Waals surface area contributed by atoms with E-state index in [4.69, 9.17) is 11.6 Å². The fourth-order valence-corrected chi connectivity index (χ4v) is 2.80. The number of hydrogen-bond acceptors (Lipinski definition) is 6. The first kappa shape index (κ1) is 22.4. The Kier molecular flexibility index (Phi) is 6.76. The first-order valence-electron chi connectivity index (χ1n) is 8.92. The van der Waals surface area contributed by atoms with E-state index in [0.717, 1.165) is 12.3 Å². The number of hydrogen-bond donors (Lipinski definition) is 3. The Hall–Kier alpha value is -4.31. The lowest BCUT2D eigenvalue weighted by Gasteiger charge is -2.06. The molecule has 0 saturated heterocycles. The summed E-state index contributed by atoms with van der Waals surface area (Å²) in [5.41, 5.74) is 2.47. The number of benzene rings is 3. The molecule has 162 valence electrons. The Balaban J connectivity index is 1.63. The van der Waals surface area contributed by atoms with Gasteiger partial charge in [-0.3, -0.25) is 19.7 Å². The van der Waals surface area contributed by atoms with Crippen LogP contribution in [-0.4, -0.2) is 28.1 Å². The minimum Gasteiger partial charge on any atom is -0.502 e. The Morgan fingerprint density at radius 3 is 2.25 bits per heavy atom. The van der Waals surface area contributed by atoms with Gasteiger partial charge < -0.3 is 10.4 Å². The summed E-state index contributed by atoms with van der Waals surface area (Å²) in [6.45, 7) is 0. The molecule has 3 aromatic carbocycles. The van der Waals surface area contributed by atoms with E-state index in [1.165, 1.54) is 54.6 Å². The van der Waals surface area contributed by atoms with E-state index in [1.807, 2.05) is 0 Å². The van der Waals surface area contributed by atoms with E-state index >= 15 is 0 Å². The molecule has 0 saturated carbocycles. The number of nitrogens with zero attached hydrogens (tertiary/aromatic N) is 2. The van der Waals surface area contributed by atoms with Crippen LogP contribution in [0.5, 0.6) is 5.75 Å². The van der Waals surface area contributed by atoms with Gasteiger partial charge in [-0.2, -0.15) is 5.10 Å². The van der Waals surface area contributed by atoms with Crippen LogP contribution >= 0.6 is 11.6 Å². The van der Waals surface area contributed by atoms with Crippen molar-refractivity contribution in [3.63, 3.8) is 0 Å². The SMILES string of the molecule is O=C(N/N=C/c1cc(Cl)cc([N+](=O)[O-])c1O)c1ccc(NC(=O)c2ccc(F)cc2)cc1. The van der Waals surface area contributed by atoms with Crippen LogP contribution < -0.4 is 10.7 Å². The summed E-state index contributed by atoms with van der Waals surface area (Å²) in [5, 5.41) is 27.1. The van der Waals surface area contributed by atoms with E-state index in [0.29, 0.717) is 5.69 Å². The molecule has 32 heavy (non-hydrogen) atoms. The van der Waals surface area contributed by atoms with Crippen LogP contribution in [0.3, 0.4) is 0 Å². The van der Waals surface area contributed by atoms with Crippen molar-refractivity contribution in [1.29, 1.82) is 0 Å². The molecule has 0 aliphatic rings. The van der Waals surface area contributed by atoms with Gasteiger partial charge in [0.1, 0.15) is 5.82 Å². The molecule has 0 bridgehead atoms. The third kappa shape index (κ3) is 5.43. The van der Waals surface area contributed by atoms with E-state index in [1.54, 1.807) is 0 Å². The molecule has 0 fully saturated rings. The average molecular weight is 457 g/mol. The second-order valence-electron chi connectivity index (χ2n) is 6.36. The molecule has 0 heterocycles. The number of nitro benzene ring substituents is 1. The van der Waals surface area contributed by atoms with E-state index in [2.05, 4.69) is 15.8 Å². The molecule has 0 aromatic heterocycles. The van der Waals surface area contributed by atoms with Crippen molar-refractivity contribution >= 4 is 41.0 Å². The lowest BCUT2D eigenvalue weighted by atomic mass is 10.1. The zero-order valence-electron chi connectivity index (χ0n) is 16.1. The lowest BCUT2D eigenvalue weighted by Crippen LogP contribution is -2.18. The van der Waals surface area contributed by atoms with Gasteiger partial charge in [0.05, 0.1) is 11.1 Å². The smallest absolute Gasteiger partial charge is 0.312 e. The number of amides is 2. The second kappa shape index (κ2) is 9.67. The highest BCUT2D eigenvalue weighted by Crippen LogP contribution is 2.32. The standard InChI is InChI=1S/C21H14ClFN4O5/c22-15-9-14(19(28)18(10-15)27(31)32)11-24-26-21(30)13-3-7-17(8-4-13)25-20(29)12-1-5-16(23)6-2-12/h1-11,28H,(H,25,29)(H,26,30)/b24-11+. The molecule has 3 aromatic rings. The Morgan fingerprint density at radius 1 is 1.03 bits per heavy atom. The zero-order chi connectivity index (χ0) is 23.3. The summed E-state index contributed by atoms with van der Waals surface area (Å²) in [7, 11) is 0. The molecule has 0 atom stereocenters. The highest BCUT2D eigenvalue weighted by molar-refractivity contribution is 6.31. The summed E-state index contributed by atoms with van der Waals surface area (Å²) in [5.74, 6) is -2.14. The molecule has 3 rings (SSSR count). The van der Waals surface area contributed by atoms with Gasteiger partial charge in [0.2, 0.25) is 5.75 Å². The largest absolute Gasteiger partial charge is 0.502 e. The molecule has 0 aliphatic heterocycles. The molecule has 11 heteroatoms. The average Bonchev–Trinajstić information content (AvgIpc) is 2.76. The molecule has 2 amide bonds. The fourth-order valence-electron chi connectivity index (χ4n) is 2.58. The Labute approximate surface area is 185 Å². The van der Waals surface area contributed by atoms with Crippen molar-refractivity contribution in [1.82, 2.24) is 5.43 Å². The summed E-state index contributed by atoms with van der Waals surface area (Å²) < 4.78 is 12.9. The molecule has 0 aliphatic carbocycles. The van der Waals surface area contributed by atoms with Gasteiger partial charge in [-0.25, -0.2) is 9.82 Å². The number of hydrazone groups is 1. The van der Waals surface area contributed by atoms with Crippen molar-refractivity contribution in [2.45, 2.75) is 0 Å². The maximum Gasteiger partial charge on any atom is 0.312 e. The summed E-state index contributed by atoms with van der Waals surface area (Å²) in [6, 6.07) is 13.1. The Morgan fingerprint density at radius 2 is 1.62 bits per heavy atom. The number of nitro groups is 1. The monoisotopic (exact) mass is 456 g/mol. The number of anilines is 1. The third-order valence-corrected chi connectivity index (χ3v) is 4.38.